The first-order valence-electron chi connectivity index (χ1n) is 4.18. The van der Waals surface area contributed by atoms with Crippen LogP contribution < -0.4 is 5.32 Å². The van der Waals surface area contributed by atoms with E-state index in [-0.39, 0.29) is 17.0 Å². The minimum atomic E-state index is 0. The first kappa shape index (κ1) is 11.5. The fourth-order valence-electron chi connectivity index (χ4n) is 1.38. The van der Waals surface area contributed by atoms with Crippen LogP contribution in [0.2, 0.25) is 0 Å². The maximum Gasteiger partial charge on any atom is 0.0466 e. The molecule has 3 heteroatoms. The molecule has 0 spiro atoms. The van der Waals surface area contributed by atoms with E-state index in [1.165, 1.54) is 5.57 Å². The summed E-state index contributed by atoms with van der Waals surface area (Å²) in [6, 6.07) is 0. The molecule has 0 saturated heterocycles. The van der Waals surface area contributed by atoms with Gasteiger partial charge >= 0.3 is 0 Å². The highest BCUT2D eigenvalue weighted by atomic mass is 79.9. The number of dihydropyridines is 1. The molecule has 0 aromatic heterocycles. The Balaban J connectivity index is 0.000000980. The van der Waals surface area contributed by atoms with E-state index in [9.17, 15) is 0 Å². The summed E-state index contributed by atoms with van der Waals surface area (Å²) in [5, 5.41) is 3.32. The van der Waals surface area contributed by atoms with Gasteiger partial charge in [0, 0.05) is 21.4 Å². The molecule has 0 unspecified atom stereocenters. The van der Waals surface area contributed by atoms with E-state index < -0.39 is 0 Å². The predicted octanol–water partition coefficient (Wildman–Crippen LogP) is 3.73. The Hall–Kier alpha value is -0.540. The highest BCUT2D eigenvalue weighted by molar-refractivity contribution is 9.11. The maximum atomic E-state index is 3.55. The van der Waals surface area contributed by atoms with Crippen molar-refractivity contribution in [1.29, 1.82) is 0 Å². The van der Waals surface area contributed by atoms with Crippen LogP contribution in [0.3, 0.4) is 0 Å². The first-order chi connectivity index (χ1) is 6.27. The van der Waals surface area contributed by atoms with Crippen LogP contribution in [-0.4, -0.2) is 0 Å². The van der Waals surface area contributed by atoms with Gasteiger partial charge in [0.25, 0.3) is 0 Å². The Morgan fingerprint density at radius 2 is 2.00 bits per heavy atom. The number of rotatable bonds is 0. The maximum absolute atomic E-state index is 3.55. The van der Waals surface area contributed by atoms with E-state index in [2.05, 4.69) is 46.4 Å². The molecule has 1 nitrogen and oxygen atoms in total. The lowest BCUT2D eigenvalue weighted by Crippen LogP contribution is -2.15. The highest BCUT2D eigenvalue weighted by Gasteiger charge is 2.11. The predicted molar refractivity (Wildman–Crippen MR) is 69.5 cm³/mol. The third kappa shape index (κ3) is 2.28. The molecule has 1 aliphatic carbocycles. The fraction of sp³-hybridized carbons (Fsp3) is 0.0909. The van der Waals surface area contributed by atoms with Crippen LogP contribution in [0.5, 0.6) is 0 Å². The quantitative estimate of drug-likeness (QED) is 0.718. The minimum Gasteiger partial charge on any atom is -0.359 e. The van der Waals surface area contributed by atoms with Gasteiger partial charge in [-0.25, -0.2) is 0 Å². The van der Waals surface area contributed by atoms with Crippen molar-refractivity contribution in [2.45, 2.75) is 6.92 Å². The molecule has 0 radical (unpaired) electrons. The second-order valence-electron chi connectivity index (χ2n) is 3.04. The summed E-state index contributed by atoms with van der Waals surface area (Å²) in [4.78, 5) is 0. The molecule has 0 atom stereocenters. The Morgan fingerprint density at radius 1 is 1.21 bits per heavy atom. The van der Waals surface area contributed by atoms with E-state index in [0.717, 1.165) is 15.9 Å². The van der Waals surface area contributed by atoms with Crippen molar-refractivity contribution < 1.29 is 0 Å². The van der Waals surface area contributed by atoms with E-state index in [0.29, 0.717) is 0 Å². The average molecular weight is 317 g/mol. The summed E-state index contributed by atoms with van der Waals surface area (Å²) in [6.07, 6.45) is 12.3. The van der Waals surface area contributed by atoms with Crippen molar-refractivity contribution in [3.63, 3.8) is 0 Å². The topological polar surface area (TPSA) is 12.0 Å². The minimum absolute atomic E-state index is 0. The number of allylic oxidation sites excluding steroid dienone is 8. The third-order valence-corrected chi connectivity index (χ3v) is 2.63. The van der Waals surface area contributed by atoms with Crippen molar-refractivity contribution in [2.75, 3.05) is 0 Å². The molecule has 0 aromatic carbocycles. The van der Waals surface area contributed by atoms with E-state index >= 15 is 0 Å². The van der Waals surface area contributed by atoms with Gasteiger partial charge in [0.15, 0.2) is 0 Å². The van der Waals surface area contributed by atoms with Gasteiger partial charge < -0.3 is 5.32 Å². The van der Waals surface area contributed by atoms with Crippen molar-refractivity contribution in [1.82, 2.24) is 5.32 Å². The summed E-state index contributed by atoms with van der Waals surface area (Å²) in [5.74, 6) is 0. The van der Waals surface area contributed by atoms with Crippen molar-refractivity contribution in [3.8, 4) is 0 Å². The number of hydrogen-bond acceptors (Lipinski definition) is 1. The molecule has 2 rings (SSSR count). The molecule has 0 saturated carbocycles. The molecule has 0 aromatic rings. The van der Waals surface area contributed by atoms with Crippen LogP contribution >= 0.6 is 32.9 Å². The molecule has 2 aliphatic rings. The Kier molecular flexibility index (Phi) is 3.96. The average Bonchev–Trinajstić information content (AvgIpc) is 2.28. The number of hydrogen-bond donors (Lipinski definition) is 1. The second-order valence-corrected chi connectivity index (χ2v) is 3.89. The van der Waals surface area contributed by atoms with Gasteiger partial charge in [0.1, 0.15) is 0 Å². The van der Waals surface area contributed by atoms with Crippen molar-refractivity contribution >= 4 is 32.9 Å². The molecular weight excluding hydrogens is 306 g/mol. The van der Waals surface area contributed by atoms with Crippen molar-refractivity contribution in [3.05, 3.63) is 57.9 Å². The summed E-state index contributed by atoms with van der Waals surface area (Å²) >= 11 is 3.55. The smallest absolute Gasteiger partial charge is 0.0466 e. The first-order valence-corrected chi connectivity index (χ1v) is 4.97. The van der Waals surface area contributed by atoms with Gasteiger partial charge in [0.05, 0.1) is 0 Å². The summed E-state index contributed by atoms with van der Waals surface area (Å²) in [7, 11) is 0. The second kappa shape index (κ2) is 4.80. The molecule has 1 heterocycles. The summed E-state index contributed by atoms with van der Waals surface area (Å²) < 4.78 is 1.13. The van der Waals surface area contributed by atoms with Gasteiger partial charge in [-0.15, -0.1) is 17.0 Å². The lowest BCUT2D eigenvalue weighted by atomic mass is 10.1. The van der Waals surface area contributed by atoms with Gasteiger partial charge in [-0.3, -0.25) is 0 Å². The monoisotopic (exact) mass is 315 g/mol. The van der Waals surface area contributed by atoms with Crippen LogP contribution in [0.15, 0.2) is 57.9 Å². The largest absolute Gasteiger partial charge is 0.359 e. The molecule has 0 amide bonds. The molecular formula is C11H11Br2N. The van der Waals surface area contributed by atoms with Crippen LogP contribution in [0.1, 0.15) is 6.92 Å². The molecule has 0 bridgehead atoms. The molecule has 74 valence electrons. The van der Waals surface area contributed by atoms with Gasteiger partial charge in [0.2, 0.25) is 0 Å². The standard InChI is InChI=1S/C11H10BrN.BrH/c1-8-7-10(12)9-5-3-2-4-6-11(9)13-8;/h2-7,13H,1H3;1H. The van der Waals surface area contributed by atoms with Crippen LogP contribution in [-0.2, 0) is 0 Å². The van der Waals surface area contributed by atoms with E-state index in [1.54, 1.807) is 0 Å². The Bertz CT molecular complexity index is 384. The van der Waals surface area contributed by atoms with E-state index in [4.69, 9.17) is 0 Å². The van der Waals surface area contributed by atoms with Crippen molar-refractivity contribution in [2.24, 2.45) is 0 Å². The zero-order valence-electron chi connectivity index (χ0n) is 7.75. The van der Waals surface area contributed by atoms with Gasteiger partial charge in [-0.2, -0.15) is 0 Å². The number of nitrogens with one attached hydrogen (secondary N) is 1. The Labute approximate surface area is 103 Å². The fourth-order valence-corrected chi connectivity index (χ4v) is 2.07. The van der Waals surface area contributed by atoms with Gasteiger partial charge in [-0.05, 0) is 19.1 Å². The van der Waals surface area contributed by atoms with Crippen LogP contribution in [0.25, 0.3) is 0 Å². The van der Waals surface area contributed by atoms with E-state index in [1.807, 2.05) is 18.2 Å². The molecule has 14 heavy (non-hydrogen) atoms. The zero-order chi connectivity index (χ0) is 9.26. The van der Waals surface area contributed by atoms with Crippen LogP contribution in [0.4, 0.5) is 0 Å². The lowest BCUT2D eigenvalue weighted by molar-refractivity contribution is 0.970. The number of fused-ring (bicyclic) bond motifs is 1. The normalized spacial score (nSPS) is 18.7. The molecule has 1 aliphatic heterocycles. The summed E-state index contributed by atoms with van der Waals surface area (Å²) in [5.41, 5.74) is 3.51. The summed E-state index contributed by atoms with van der Waals surface area (Å²) in [6.45, 7) is 2.05. The Morgan fingerprint density at radius 3 is 2.79 bits per heavy atom. The van der Waals surface area contributed by atoms with Crippen LogP contribution in [0, 0.1) is 0 Å². The highest BCUT2D eigenvalue weighted by Crippen LogP contribution is 2.27. The lowest BCUT2D eigenvalue weighted by Gasteiger charge is -2.18. The SMILES string of the molecule is Br.CC1=CC(Br)=C2C=CC=CC=C2N1. The third-order valence-electron chi connectivity index (χ3n) is 1.97. The molecule has 1 N–H and O–H groups in total. The molecule has 0 fully saturated rings. The zero-order valence-corrected chi connectivity index (χ0v) is 11.0. The van der Waals surface area contributed by atoms with Gasteiger partial charge in [-0.1, -0.05) is 40.2 Å². The number of halogens is 2.